The average molecular weight is 473 g/mol. The molecule has 0 saturated carbocycles. The van der Waals surface area contributed by atoms with Crippen molar-refractivity contribution in [3.63, 3.8) is 0 Å². The number of hydrogen-bond acceptors (Lipinski definition) is 10. The lowest BCUT2D eigenvalue weighted by Crippen LogP contribution is -2.45. The number of hydrogen-bond donors (Lipinski definition) is 1. The molecule has 0 radical (unpaired) electrons. The maximum atomic E-state index is 13.7. The molecule has 1 saturated heterocycles. The molecule has 0 aliphatic carbocycles. The Kier molecular flexibility index (Phi) is 6.47. The smallest absolute Gasteiger partial charge is 0.234 e. The van der Waals surface area contributed by atoms with Gasteiger partial charge in [-0.2, -0.15) is 15.0 Å². The lowest BCUT2D eigenvalue weighted by Gasteiger charge is -2.32. The van der Waals surface area contributed by atoms with E-state index in [0.717, 1.165) is 32.4 Å². The van der Waals surface area contributed by atoms with Crippen LogP contribution in [0.5, 0.6) is 0 Å². The van der Waals surface area contributed by atoms with E-state index in [-0.39, 0.29) is 22.5 Å². The van der Waals surface area contributed by atoms with Crippen molar-refractivity contribution < 1.29 is 12.8 Å². The summed E-state index contributed by atoms with van der Waals surface area (Å²) in [5.41, 5.74) is 0.582. The minimum absolute atomic E-state index is 0.0214. The summed E-state index contributed by atoms with van der Waals surface area (Å²) >= 11 is 0. The van der Waals surface area contributed by atoms with Crippen molar-refractivity contribution >= 4 is 27.7 Å². The summed E-state index contributed by atoms with van der Waals surface area (Å²) in [7, 11) is -1.66. The molecule has 3 heterocycles. The van der Waals surface area contributed by atoms with Gasteiger partial charge in [0.2, 0.25) is 17.8 Å². The van der Waals surface area contributed by atoms with E-state index in [0.29, 0.717) is 23.8 Å². The Labute approximate surface area is 191 Å². The van der Waals surface area contributed by atoms with E-state index in [1.807, 2.05) is 6.92 Å². The molecule has 4 rings (SSSR count). The van der Waals surface area contributed by atoms with Gasteiger partial charge in [-0.15, -0.1) is 0 Å². The molecule has 1 aliphatic rings. The Morgan fingerprint density at radius 1 is 1.06 bits per heavy atom. The fraction of sp³-hybridized carbons (Fsp3) is 0.381. The second kappa shape index (κ2) is 9.32. The Hall–Kier alpha value is -3.25. The zero-order chi connectivity index (χ0) is 23.6. The van der Waals surface area contributed by atoms with Crippen molar-refractivity contribution in [1.82, 2.24) is 29.8 Å². The van der Waals surface area contributed by atoms with E-state index in [1.165, 1.54) is 24.4 Å². The lowest BCUT2D eigenvalue weighted by molar-refractivity contribution is 0.311. The van der Waals surface area contributed by atoms with E-state index in [1.54, 1.807) is 6.07 Å². The number of sulfone groups is 1. The summed E-state index contributed by atoms with van der Waals surface area (Å²) in [6.07, 6.45) is 3.00. The van der Waals surface area contributed by atoms with Gasteiger partial charge in [0, 0.05) is 50.6 Å². The van der Waals surface area contributed by atoms with Crippen LogP contribution in [0.3, 0.4) is 0 Å². The second-order valence-corrected chi connectivity index (χ2v) is 9.77. The van der Waals surface area contributed by atoms with Crippen LogP contribution in [-0.2, 0) is 16.3 Å². The highest BCUT2D eigenvalue weighted by atomic mass is 32.2. The topological polar surface area (TPSA) is 117 Å². The summed E-state index contributed by atoms with van der Waals surface area (Å²) in [5, 5.41) is 2.70. The first-order valence-corrected chi connectivity index (χ1v) is 12.4. The summed E-state index contributed by atoms with van der Waals surface area (Å²) in [4.78, 5) is 26.2. The highest BCUT2D eigenvalue weighted by molar-refractivity contribution is 7.90. The van der Waals surface area contributed by atoms with Gasteiger partial charge in [0.1, 0.15) is 11.6 Å². The van der Waals surface area contributed by atoms with Crippen molar-refractivity contribution in [3.8, 4) is 11.1 Å². The van der Waals surface area contributed by atoms with Crippen LogP contribution in [0.25, 0.3) is 11.1 Å². The molecule has 0 bridgehead atoms. The third kappa shape index (κ3) is 5.40. The third-order valence-electron chi connectivity index (χ3n) is 5.24. The molecule has 174 valence electrons. The van der Waals surface area contributed by atoms with Crippen LogP contribution < -0.4 is 10.2 Å². The predicted molar refractivity (Wildman–Crippen MR) is 123 cm³/mol. The minimum Gasteiger partial charge on any atom is -0.338 e. The molecule has 0 spiro atoms. The molecule has 10 nitrogen and oxygen atoms in total. The monoisotopic (exact) mass is 472 g/mol. The number of nitrogens with one attached hydrogen (secondary N) is 1. The van der Waals surface area contributed by atoms with Gasteiger partial charge >= 0.3 is 0 Å². The highest BCUT2D eigenvalue weighted by Crippen LogP contribution is 2.27. The average Bonchev–Trinajstić information content (AvgIpc) is 2.78. The summed E-state index contributed by atoms with van der Waals surface area (Å²) in [6, 6.07) is 5.62. The van der Waals surface area contributed by atoms with Gasteiger partial charge in [0.05, 0.1) is 0 Å². The number of rotatable bonds is 6. The molecule has 2 aromatic heterocycles. The van der Waals surface area contributed by atoms with Crippen LogP contribution in [0, 0.1) is 5.82 Å². The van der Waals surface area contributed by atoms with Crippen LogP contribution >= 0.6 is 0 Å². The first kappa shape index (κ1) is 22.9. The first-order chi connectivity index (χ1) is 15.7. The molecule has 0 atom stereocenters. The molecule has 33 heavy (non-hydrogen) atoms. The van der Waals surface area contributed by atoms with Gasteiger partial charge in [0.25, 0.3) is 0 Å². The third-order valence-corrected chi connectivity index (χ3v) is 6.25. The molecule has 1 aromatic carbocycles. The van der Waals surface area contributed by atoms with Gasteiger partial charge in [-0.05, 0) is 24.7 Å². The number of halogens is 1. The van der Waals surface area contributed by atoms with Gasteiger partial charge in [-0.25, -0.2) is 22.8 Å². The number of anilines is 3. The SMILES string of the molecule is CCc1nc(Nc2ncc(-c3cccc(F)c3)c(S(C)(=O)=O)n2)nc(N2CCN(C)CC2)n1. The van der Waals surface area contributed by atoms with Crippen LogP contribution in [0.2, 0.25) is 0 Å². The Bertz CT molecular complexity index is 1260. The number of likely N-dealkylation sites (N-methyl/N-ethyl adjacent to an activating group) is 1. The van der Waals surface area contributed by atoms with Gasteiger partial charge in [-0.1, -0.05) is 19.1 Å². The molecule has 3 aromatic rings. The summed E-state index contributed by atoms with van der Waals surface area (Å²) < 4.78 is 38.6. The van der Waals surface area contributed by atoms with E-state index in [2.05, 4.69) is 47.1 Å². The molecular formula is C21H25FN8O2S. The maximum Gasteiger partial charge on any atom is 0.234 e. The second-order valence-electron chi connectivity index (χ2n) is 7.84. The van der Waals surface area contributed by atoms with Crippen molar-refractivity contribution in [2.45, 2.75) is 18.4 Å². The number of nitrogens with zero attached hydrogens (tertiary/aromatic N) is 7. The lowest BCUT2D eigenvalue weighted by atomic mass is 10.1. The normalized spacial score (nSPS) is 15.0. The molecule has 1 N–H and O–H groups in total. The van der Waals surface area contributed by atoms with E-state index < -0.39 is 15.7 Å². The van der Waals surface area contributed by atoms with Gasteiger partial charge in [-0.3, -0.25) is 5.32 Å². The number of aryl methyl sites for hydroxylation is 1. The standard InChI is InChI=1S/C21H25FN8O2S/c1-4-17-24-20(28-21(25-17)30-10-8-29(2)9-11-30)27-19-23-13-16(18(26-19)33(3,31)32)14-6-5-7-15(22)12-14/h5-7,12-13H,4,8-11H2,1-3H3,(H,23,24,25,26,27,28). The van der Waals surface area contributed by atoms with Crippen LogP contribution in [0.1, 0.15) is 12.7 Å². The maximum absolute atomic E-state index is 13.7. The fourth-order valence-electron chi connectivity index (χ4n) is 3.43. The molecular weight excluding hydrogens is 447 g/mol. The fourth-order valence-corrected chi connectivity index (χ4v) is 4.25. The van der Waals surface area contributed by atoms with Crippen molar-refractivity contribution in [3.05, 3.63) is 42.1 Å². The molecule has 12 heteroatoms. The van der Waals surface area contributed by atoms with Gasteiger partial charge in [0.15, 0.2) is 14.9 Å². The summed E-state index contributed by atoms with van der Waals surface area (Å²) in [5.74, 6) is 0.920. The molecule has 1 aliphatic heterocycles. The Morgan fingerprint density at radius 2 is 1.82 bits per heavy atom. The number of benzene rings is 1. The van der Waals surface area contributed by atoms with E-state index in [9.17, 15) is 12.8 Å². The van der Waals surface area contributed by atoms with Crippen LogP contribution in [-0.4, -0.2) is 77.7 Å². The van der Waals surface area contributed by atoms with Crippen LogP contribution in [0.4, 0.5) is 22.2 Å². The Balaban J connectivity index is 1.68. The Morgan fingerprint density at radius 3 is 2.48 bits per heavy atom. The quantitative estimate of drug-likeness (QED) is 0.533. The zero-order valence-corrected chi connectivity index (χ0v) is 19.5. The van der Waals surface area contributed by atoms with Crippen molar-refractivity contribution in [2.75, 3.05) is 49.7 Å². The minimum atomic E-state index is -3.73. The number of aromatic nitrogens is 5. The number of piperazine rings is 1. The van der Waals surface area contributed by atoms with Crippen LogP contribution in [0.15, 0.2) is 35.5 Å². The molecule has 0 unspecified atom stereocenters. The van der Waals surface area contributed by atoms with E-state index in [4.69, 9.17) is 0 Å². The molecule has 1 fully saturated rings. The predicted octanol–water partition coefficient (Wildman–Crippen LogP) is 1.93. The largest absolute Gasteiger partial charge is 0.338 e. The van der Waals surface area contributed by atoms with Crippen molar-refractivity contribution in [2.24, 2.45) is 0 Å². The molecule has 0 amide bonds. The summed E-state index contributed by atoms with van der Waals surface area (Å²) in [6.45, 7) is 5.33. The first-order valence-electron chi connectivity index (χ1n) is 10.5. The zero-order valence-electron chi connectivity index (χ0n) is 18.7. The van der Waals surface area contributed by atoms with Gasteiger partial charge < -0.3 is 9.80 Å². The van der Waals surface area contributed by atoms with Crippen molar-refractivity contribution in [1.29, 1.82) is 0 Å². The highest BCUT2D eigenvalue weighted by Gasteiger charge is 2.21. The van der Waals surface area contributed by atoms with E-state index >= 15 is 0 Å².